The third-order valence-corrected chi connectivity index (χ3v) is 4.80. The number of aromatic nitrogens is 3. The van der Waals surface area contributed by atoms with Gasteiger partial charge in [-0.05, 0) is 43.4 Å². The van der Waals surface area contributed by atoms with E-state index in [0.717, 1.165) is 31.2 Å². The minimum atomic E-state index is -0.455. The van der Waals surface area contributed by atoms with Gasteiger partial charge < -0.3 is 4.74 Å². The van der Waals surface area contributed by atoms with Crippen LogP contribution in [0.4, 0.5) is 11.5 Å². The Labute approximate surface area is 137 Å². The van der Waals surface area contributed by atoms with Crippen LogP contribution >= 0.6 is 11.6 Å². The molecule has 2 aromatic heterocycles. The van der Waals surface area contributed by atoms with Gasteiger partial charge in [0, 0.05) is 17.8 Å². The maximum atomic E-state index is 12.9. The zero-order chi connectivity index (χ0) is 15.6. The number of hydrogen-bond acceptors (Lipinski definition) is 5. The lowest BCUT2D eigenvalue weighted by Crippen LogP contribution is -2.28. The van der Waals surface area contributed by atoms with Crippen molar-refractivity contribution in [3.05, 3.63) is 35.4 Å². The van der Waals surface area contributed by atoms with E-state index < -0.39 is 5.41 Å². The van der Waals surface area contributed by atoms with Crippen LogP contribution in [0.15, 0.2) is 24.5 Å². The quantitative estimate of drug-likeness (QED) is 0.810. The fraction of sp³-hybridized carbons (Fsp3) is 0.375. The molecule has 2 aliphatic carbocycles. The first-order chi connectivity index (χ1) is 11.2. The van der Waals surface area contributed by atoms with Crippen LogP contribution in [0.25, 0.3) is 0 Å². The number of fused-ring (bicyclic) bond motifs is 2. The van der Waals surface area contributed by atoms with E-state index in [1.165, 1.54) is 0 Å². The number of carbonyl (C=O) groups excluding carboxylic acids is 1. The van der Waals surface area contributed by atoms with Gasteiger partial charge >= 0.3 is 0 Å². The summed E-state index contributed by atoms with van der Waals surface area (Å²) in [5.41, 5.74) is 1.09. The van der Waals surface area contributed by atoms with Gasteiger partial charge in [0.05, 0.1) is 17.3 Å². The van der Waals surface area contributed by atoms with E-state index in [-0.39, 0.29) is 11.2 Å². The third kappa shape index (κ3) is 1.94. The fourth-order valence-electron chi connectivity index (χ4n) is 3.06. The molecular weight excluding hydrogens is 316 g/mol. The van der Waals surface area contributed by atoms with E-state index in [9.17, 15) is 4.79 Å². The largest absolute Gasteiger partial charge is 0.474 e. The van der Waals surface area contributed by atoms with Gasteiger partial charge in [-0.1, -0.05) is 0 Å². The average molecular weight is 329 g/mol. The molecule has 6 nitrogen and oxygen atoms in total. The van der Waals surface area contributed by atoms with E-state index in [1.807, 2.05) is 6.07 Å². The van der Waals surface area contributed by atoms with Crippen LogP contribution in [-0.4, -0.2) is 27.0 Å². The van der Waals surface area contributed by atoms with Crippen molar-refractivity contribution in [1.29, 1.82) is 0 Å². The molecule has 0 unspecified atom stereocenters. The van der Waals surface area contributed by atoms with E-state index >= 15 is 0 Å². The molecule has 116 valence electrons. The van der Waals surface area contributed by atoms with Crippen molar-refractivity contribution in [2.45, 2.75) is 37.2 Å². The fourth-order valence-corrected chi connectivity index (χ4v) is 3.19. The Balaban J connectivity index is 1.55. The summed E-state index contributed by atoms with van der Waals surface area (Å²) in [6, 6.07) is 3.63. The molecule has 1 amide bonds. The molecule has 0 saturated heterocycles. The Hall–Kier alpha value is -2.21. The van der Waals surface area contributed by atoms with Gasteiger partial charge in [-0.15, -0.1) is 0 Å². The average Bonchev–Trinajstić information content (AvgIpc) is 3.43. The smallest absolute Gasteiger partial charge is 0.243 e. The number of anilines is 2. The van der Waals surface area contributed by atoms with Crippen LogP contribution in [0.2, 0.25) is 5.28 Å². The second-order valence-corrected chi connectivity index (χ2v) is 6.61. The Morgan fingerprint density at radius 1 is 1.22 bits per heavy atom. The molecule has 2 aromatic rings. The summed E-state index contributed by atoms with van der Waals surface area (Å²) >= 11 is 5.93. The van der Waals surface area contributed by atoms with Gasteiger partial charge in [0.1, 0.15) is 11.9 Å². The second-order valence-electron chi connectivity index (χ2n) is 6.27. The molecule has 0 N–H and O–H groups in total. The normalized spacial score (nSPS) is 20.7. The van der Waals surface area contributed by atoms with Crippen molar-refractivity contribution in [2.24, 2.45) is 0 Å². The lowest BCUT2D eigenvalue weighted by atomic mass is 10.0. The highest BCUT2D eigenvalue weighted by atomic mass is 35.5. The van der Waals surface area contributed by atoms with E-state index in [0.29, 0.717) is 23.5 Å². The number of carbonyl (C=O) groups is 1. The first-order valence-electron chi connectivity index (χ1n) is 7.68. The maximum Gasteiger partial charge on any atom is 0.243 e. The van der Waals surface area contributed by atoms with Crippen molar-refractivity contribution in [3.8, 4) is 5.88 Å². The Bertz CT molecular complexity index is 815. The molecule has 1 spiro atoms. The molecule has 3 heterocycles. The number of ether oxygens (including phenoxy) is 1. The minimum absolute atomic E-state index is 0.0294. The number of halogens is 1. The highest BCUT2D eigenvalue weighted by molar-refractivity contribution is 6.28. The number of amides is 1. The highest BCUT2D eigenvalue weighted by Gasteiger charge is 2.60. The zero-order valence-corrected chi connectivity index (χ0v) is 13.0. The summed E-state index contributed by atoms with van der Waals surface area (Å²) in [6.45, 7) is 0. The van der Waals surface area contributed by atoms with Gasteiger partial charge in [0.2, 0.25) is 17.1 Å². The molecule has 3 aliphatic rings. The van der Waals surface area contributed by atoms with Crippen LogP contribution in [0.3, 0.4) is 0 Å². The summed E-state index contributed by atoms with van der Waals surface area (Å²) in [4.78, 5) is 27.1. The first kappa shape index (κ1) is 13.2. The lowest BCUT2D eigenvalue weighted by Gasteiger charge is -2.17. The summed E-state index contributed by atoms with van der Waals surface area (Å²) in [5.74, 6) is 1.19. The molecule has 23 heavy (non-hydrogen) atoms. The van der Waals surface area contributed by atoms with Crippen LogP contribution in [0.1, 0.15) is 31.2 Å². The van der Waals surface area contributed by atoms with Crippen molar-refractivity contribution in [2.75, 3.05) is 4.90 Å². The molecular formula is C16H13ClN4O2. The van der Waals surface area contributed by atoms with Gasteiger partial charge in [0.15, 0.2) is 0 Å². The molecule has 0 atom stereocenters. The summed E-state index contributed by atoms with van der Waals surface area (Å²) in [5, 5.41) is 0.140. The Morgan fingerprint density at radius 2 is 2.04 bits per heavy atom. The van der Waals surface area contributed by atoms with Gasteiger partial charge in [-0.2, -0.15) is 4.98 Å². The van der Waals surface area contributed by atoms with Crippen LogP contribution in [0, 0.1) is 0 Å². The number of pyridine rings is 1. The van der Waals surface area contributed by atoms with E-state index in [4.69, 9.17) is 16.3 Å². The zero-order valence-electron chi connectivity index (χ0n) is 12.2. The van der Waals surface area contributed by atoms with Crippen molar-refractivity contribution < 1.29 is 9.53 Å². The molecule has 5 rings (SSSR count). The predicted octanol–water partition coefficient (Wildman–Crippen LogP) is 2.78. The van der Waals surface area contributed by atoms with Crippen molar-refractivity contribution in [3.63, 3.8) is 0 Å². The van der Waals surface area contributed by atoms with E-state index in [1.54, 1.807) is 23.4 Å². The lowest BCUT2D eigenvalue weighted by molar-refractivity contribution is -0.119. The van der Waals surface area contributed by atoms with Crippen molar-refractivity contribution in [1.82, 2.24) is 15.0 Å². The van der Waals surface area contributed by atoms with Crippen LogP contribution < -0.4 is 9.64 Å². The van der Waals surface area contributed by atoms with Crippen LogP contribution in [0.5, 0.6) is 5.88 Å². The van der Waals surface area contributed by atoms with Gasteiger partial charge in [-0.25, -0.2) is 9.97 Å². The molecule has 1 aliphatic heterocycles. The number of rotatable bonds is 3. The summed E-state index contributed by atoms with van der Waals surface area (Å²) in [7, 11) is 0. The Kier molecular flexibility index (Phi) is 2.54. The third-order valence-electron chi connectivity index (χ3n) is 4.62. The molecule has 2 fully saturated rings. The molecule has 2 saturated carbocycles. The maximum absolute atomic E-state index is 12.9. The first-order valence-corrected chi connectivity index (χ1v) is 8.05. The summed E-state index contributed by atoms with van der Waals surface area (Å²) in [6.07, 6.45) is 7.44. The Morgan fingerprint density at radius 3 is 2.70 bits per heavy atom. The topological polar surface area (TPSA) is 68.2 Å². The van der Waals surface area contributed by atoms with Crippen molar-refractivity contribution >= 4 is 29.0 Å². The monoisotopic (exact) mass is 328 g/mol. The standard InChI is InChI=1S/C16H13ClN4O2/c17-15-19-8-11-13(20-15)21(14(22)16(11)5-6-16)9-1-4-12(18-7-9)23-10-2-3-10/h1,4,7-8,10H,2-3,5-6H2. The molecule has 0 radical (unpaired) electrons. The minimum Gasteiger partial charge on any atom is -0.474 e. The SMILES string of the molecule is O=C1N(c2ccc(OC3CC3)nc2)c2nc(Cl)ncc2C12CC2. The van der Waals surface area contributed by atoms with Crippen LogP contribution in [-0.2, 0) is 10.2 Å². The van der Waals surface area contributed by atoms with Gasteiger partial charge in [0.25, 0.3) is 0 Å². The number of nitrogens with zero attached hydrogens (tertiary/aromatic N) is 4. The molecule has 7 heteroatoms. The summed E-state index contributed by atoms with van der Waals surface area (Å²) < 4.78 is 5.65. The highest BCUT2D eigenvalue weighted by Crippen LogP contribution is 2.58. The molecule has 0 bridgehead atoms. The number of hydrogen-bond donors (Lipinski definition) is 0. The van der Waals surface area contributed by atoms with Gasteiger partial charge in [-0.3, -0.25) is 9.69 Å². The second kappa shape index (κ2) is 4.41. The molecule has 0 aromatic carbocycles. The predicted molar refractivity (Wildman–Crippen MR) is 83.0 cm³/mol. The van der Waals surface area contributed by atoms with E-state index in [2.05, 4.69) is 15.0 Å².